The number of hydrogen-bond donors (Lipinski definition) is 2. The Labute approximate surface area is 197 Å². The van der Waals surface area contributed by atoms with E-state index in [4.69, 9.17) is 15.6 Å². The van der Waals surface area contributed by atoms with E-state index in [0.717, 1.165) is 60.9 Å². The lowest BCUT2D eigenvalue weighted by atomic mass is 10.1. The molecule has 0 spiro atoms. The van der Waals surface area contributed by atoms with Crippen LogP contribution in [0.25, 0.3) is 28.0 Å². The number of pyridine rings is 2. The van der Waals surface area contributed by atoms with Gasteiger partial charge in [-0.05, 0) is 29.8 Å². The maximum atomic E-state index is 8.81. The van der Waals surface area contributed by atoms with Crippen LogP contribution in [-0.4, -0.2) is 87.1 Å². The molecule has 10 nitrogen and oxygen atoms in total. The van der Waals surface area contributed by atoms with Crippen molar-refractivity contribution in [2.24, 2.45) is 0 Å². The average molecular weight is 461 g/mol. The molecule has 0 saturated carbocycles. The number of anilines is 2. The number of aromatic nitrogens is 5. The van der Waals surface area contributed by atoms with Gasteiger partial charge in [-0.2, -0.15) is 0 Å². The van der Waals surface area contributed by atoms with E-state index in [9.17, 15) is 0 Å². The van der Waals surface area contributed by atoms with Crippen LogP contribution in [0.4, 0.5) is 11.6 Å². The molecule has 1 aliphatic rings. The fraction of sp³-hybridized carbons (Fsp3) is 0.333. The van der Waals surface area contributed by atoms with Crippen molar-refractivity contribution < 1.29 is 9.84 Å². The lowest BCUT2D eigenvalue weighted by Crippen LogP contribution is -2.47. The van der Waals surface area contributed by atoms with Crippen LogP contribution in [0.1, 0.15) is 0 Å². The first kappa shape index (κ1) is 22.2. The third-order valence-electron chi connectivity index (χ3n) is 5.98. The molecule has 1 fully saturated rings. The van der Waals surface area contributed by atoms with Crippen LogP contribution in [0, 0.1) is 0 Å². The van der Waals surface area contributed by atoms with Gasteiger partial charge in [-0.3, -0.25) is 9.88 Å². The molecule has 4 aromatic heterocycles. The quantitative estimate of drug-likeness (QED) is 0.378. The lowest BCUT2D eigenvalue weighted by Gasteiger charge is -2.35. The number of nitrogens with two attached hydrogens (primary N) is 1. The molecule has 0 aromatic carbocycles. The molecule has 0 bridgehead atoms. The van der Waals surface area contributed by atoms with Crippen LogP contribution in [0.5, 0.6) is 0 Å². The average Bonchev–Trinajstić information content (AvgIpc) is 3.22. The lowest BCUT2D eigenvalue weighted by molar-refractivity contribution is 0.0724. The van der Waals surface area contributed by atoms with Crippen molar-refractivity contribution in [3.63, 3.8) is 0 Å². The van der Waals surface area contributed by atoms with E-state index in [1.165, 1.54) is 0 Å². The monoisotopic (exact) mass is 460 g/mol. The third kappa shape index (κ3) is 4.69. The van der Waals surface area contributed by atoms with E-state index in [0.29, 0.717) is 24.7 Å². The fourth-order valence-corrected chi connectivity index (χ4v) is 4.19. The van der Waals surface area contributed by atoms with Crippen LogP contribution in [0.2, 0.25) is 0 Å². The maximum Gasteiger partial charge on any atom is 0.166 e. The zero-order chi connectivity index (χ0) is 23.3. The molecule has 34 heavy (non-hydrogen) atoms. The Morgan fingerprint density at radius 1 is 0.971 bits per heavy atom. The number of ether oxygens (including phenoxy) is 1. The molecule has 10 heteroatoms. The number of fused-ring (bicyclic) bond motifs is 1. The Morgan fingerprint density at radius 2 is 1.85 bits per heavy atom. The minimum atomic E-state index is 0.0669. The number of nitrogens with zero attached hydrogens (tertiary/aromatic N) is 7. The predicted molar refractivity (Wildman–Crippen MR) is 130 cm³/mol. The molecule has 176 valence electrons. The molecular formula is C24H28N8O2. The standard InChI is InChI=1S/C24H28N8O2/c25-23-22(20-3-1-2-5-26-20)24-28-16-19(17-32(24)29-23)18-4-6-27-21(15-18)31-9-7-30(8-10-31)11-13-34-14-12-33/h1-6,15-17,33H,7-14H2,(H2,25,29). The molecule has 5 heterocycles. The van der Waals surface area contributed by atoms with E-state index in [-0.39, 0.29) is 6.61 Å². The molecule has 4 aromatic rings. The van der Waals surface area contributed by atoms with Gasteiger partial charge in [0.2, 0.25) is 0 Å². The minimum absolute atomic E-state index is 0.0669. The molecular weight excluding hydrogens is 432 g/mol. The number of aliphatic hydroxyl groups excluding tert-OH is 1. The number of piperazine rings is 1. The fourth-order valence-electron chi connectivity index (χ4n) is 4.19. The highest BCUT2D eigenvalue weighted by atomic mass is 16.5. The number of rotatable bonds is 8. The van der Waals surface area contributed by atoms with Gasteiger partial charge in [0.25, 0.3) is 0 Å². The summed E-state index contributed by atoms with van der Waals surface area (Å²) in [5.74, 6) is 1.35. The summed E-state index contributed by atoms with van der Waals surface area (Å²) in [6.07, 6.45) is 7.34. The highest BCUT2D eigenvalue weighted by Gasteiger charge is 2.19. The number of aliphatic hydroxyl groups is 1. The summed E-state index contributed by atoms with van der Waals surface area (Å²) in [7, 11) is 0. The van der Waals surface area contributed by atoms with Gasteiger partial charge in [-0.15, -0.1) is 5.10 Å². The molecule has 0 atom stereocenters. The Hall–Kier alpha value is -3.60. The van der Waals surface area contributed by atoms with E-state index in [1.54, 1.807) is 10.7 Å². The van der Waals surface area contributed by atoms with Crippen molar-refractivity contribution >= 4 is 17.3 Å². The van der Waals surface area contributed by atoms with Crippen molar-refractivity contribution in [2.45, 2.75) is 0 Å². The maximum absolute atomic E-state index is 8.81. The zero-order valence-corrected chi connectivity index (χ0v) is 18.9. The summed E-state index contributed by atoms with van der Waals surface area (Å²) in [6.45, 7) is 5.68. The second-order valence-corrected chi connectivity index (χ2v) is 8.15. The summed E-state index contributed by atoms with van der Waals surface area (Å²) in [6, 6.07) is 9.76. The van der Waals surface area contributed by atoms with Gasteiger partial charge in [-0.1, -0.05) is 6.07 Å². The second-order valence-electron chi connectivity index (χ2n) is 8.15. The summed E-state index contributed by atoms with van der Waals surface area (Å²) >= 11 is 0. The van der Waals surface area contributed by atoms with E-state index in [2.05, 4.69) is 35.9 Å². The van der Waals surface area contributed by atoms with Gasteiger partial charge in [0.15, 0.2) is 11.5 Å². The molecule has 0 amide bonds. The SMILES string of the molecule is Nc1nn2cc(-c3ccnc(N4CCN(CCOCCO)CC4)c3)cnc2c1-c1ccccn1. The number of hydrogen-bond acceptors (Lipinski definition) is 9. The Kier molecular flexibility index (Phi) is 6.61. The van der Waals surface area contributed by atoms with Crippen LogP contribution in [0.3, 0.4) is 0 Å². The molecule has 3 N–H and O–H groups in total. The first-order chi connectivity index (χ1) is 16.7. The summed E-state index contributed by atoms with van der Waals surface area (Å²) in [5.41, 5.74) is 10.3. The van der Waals surface area contributed by atoms with Gasteiger partial charge in [0.05, 0.1) is 31.1 Å². The van der Waals surface area contributed by atoms with Crippen LogP contribution < -0.4 is 10.6 Å². The molecule has 0 unspecified atom stereocenters. The predicted octanol–water partition coefficient (Wildman–Crippen LogP) is 1.57. The van der Waals surface area contributed by atoms with Crippen molar-refractivity contribution in [2.75, 3.05) is 63.2 Å². The van der Waals surface area contributed by atoms with Gasteiger partial charge in [0.1, 0.15) is 5.82 Å². The first-order valence-electron chi connectivity index (χ1n) is 11.4. The van der Waals surface area contributed by atoms with Gasteiger partial charge in [-0.25, -0.2) is 14.5 Å². The van der Waals surface area contributed by atoms with Gasteiger partial charge >= 0.3 is 0 Å². The Morgan fingerprint density at radius 3 is 2.65 bits per heavy atom. The molecule has 1 aliphatic heterocycles. The highest BCUT2D eigenvalue weighted by Crippen LogP contribution is 2.29. The molecule has 0 radical (unpaired) electrons. The van der Waals surface area contributed by atoms with E-state index >= 15 is 0 Å². The van der Waals surface area contributed by atoms with E-state index < -0.39 is 0 Å². The van der Waals surface area contributed by atoms with Crippen molar-refractivity contribution in [3.8, 4) is 22.4 Å². The highest BCUT2D eigenvalue weighted by molar-refractivity contribution is 5.84. The van der Waals surface area contributed by atoms with Crippen LogP contribution in [-0.2, 0) is 4.74 Å². The third-order valence-corrected chi connectivity index (χ3v) is 5.98. The minimum Gasteiger partial charge on any atom is -0.394 e. The molecule has 1 saturated heterocycles. The van der Waals surface area contributed by atoms with Crippen LogP contribution in [0.15, 0.2) is 55.1 Å². The zero-order valence-electron chi connectivity index (χ0n) is 18.9. The first-order valence-corrected chi connectivity index (χ1v) is 11.4. The van der Waals surface area contributed by atoms with E-state index in [1.807, 2.05) is 42.9 Å². The second kappa shape index (κ2) is 10.1. The normalized spacial score (nSPS) is 14.7. The summed E-state index contributed by atoms with van der Waals surface area (Å²) in [4.78, 5) is 18.3. The topological polar surface area (TPSA) is 118 Å². The largest absolute Gasteiger partial charge is 0.394 e. The van der Waals surface area contributed by atoms with Crippen LogP contribution >= 0.6 is 0 Å². The molecule has 5 rings (SSSR count). The number of nitrogen functional groups attached to an aromatic ring is 1. The Bertz CT molecular complexity index is 1240. The van der Waals surface area contributed by atoms with Crippen molar-refractivity contribution in [1.82, 2.24) is 29.5 Å². The smallest absolute Gasteiger partial charge is 0.166 e. The summed E-state index contributed by atoms with van der Waals surface area (Å²) < 4.78 is 7.10. The molecule has 0 aliphatic carbocycles. The Balaban J connectivity index is 1.31. The van der Waals surface area contributed by atoms with Crippen molar-refractivity contribution in [3.05, 3.63) is 55.1 Å². The van der Waals surface area contributed by atoms with Crippen molar-refractivity contribution in [1.29, 1.82) is 0 Å². The van der Waals surface area contributed by atoms with Gasteiger partial charge in [0, 0.05) is 63.1 Å². The van der Waals surface area contributed by atoms with Gasteiger partial charge < -0.3 is 20.5 Å². The summed E-state index contributed by atoms with van der Waals surface area (Å²) in [5, 5.41) is 13.3.